The van der Waals surface area contributed by atoms with Crippen molar-refractivity contribution < 1.29 is 9.59 Å². The van der Waals surface area contributed by atoms with Crippen molar-refractivity contribution >= 4 is 40.1 Å². The molecule has 1 fully saturated rings. The Balaban J connectivity index is 2.15. The maximum absolute atomic E-state index is 11.0. The van der Waals surface area contributed by atoms with Crippen LogP contribution in [0.5, 0.6) is 0 Å². The molecule has 1 aromatic rings. The van der Waals surface area contributed by atoms with E-state index in [1.54, 1.807) is 0 Å². The normalized spacial score (nSPS) is 16.9. The molecular weight excluding hydrogens is 236 g/mol. The van der Waals surface area contributed by atoms with Gasteiger partial charge >= 0.3 is 0 Å². The quantitative estimate of drug-likeness (QED) is 0.744. The number of hydrogen-bond acceptors (Lipinski definition) is 5. The van der Waals surface area contributed by atoms with Gasteiger partial charge in [-0.15, -0.1) is 0 Å². The predicted molar refractivity (Wildman–Crippen MR) is 59.0 cm³/mol. The Labute approximate surface area is 95.9 Å². The molecule has 0 radical (unpaired) electrons. The van der Waals surface area contributed by atoms with Crippen LogP contribution < -0.4 is 4.90 Å². The minimum Gasteiger partial charge on any atom is -0.347 e. The average molecular weight is 245 g/mol. The molecule has 1 aromatic heterocycles. The van der Waals surface area contributed by atoms with E-state index in [1.165, 1.54) is 11.3 Å². The van der Waals surface area contributed by atoms with E-state index in [0.717, 1.165) is 5.13 Å². The van der Waals surface area contributed by atoms with Crippen LogP contribution in [0.25, 0.3) is 0 Å². The van der Waals surface area contributed by atoms with E-state index in [4.69, 9.17) is 11.6 Å². The first-order valence-electron chi connectivity index (χ1n) is 4.59. The smallest absolute Gasteiger partial charge is 0.187 e. The lowest BCUT2D eigenvalue weighted by atomic mass is 10.1. The first-order chi connectivity index (χ1) is 7.20. The monoisotopic (exact) mass is 244 g/mol. The van der Waals surface area contributed by atoms with Gasteiger partial charge in [-0.25, -0.2) is 4.98 Å². The molecule has 0 aromatic carbocycles. The molecule has 0 unspecified atom stereocenters. The van der Waals surface area contributed by atoms with Crippen molar-refractivity contribution in [1.82, 2.24) is 4.98 Å². The highest BCUT2D eigenvalue weighted by Crippen LogP contribution is 2.29. The summed E-state index contributed by atoms with van der Waals surface area (Å²) in [6.45, 7) is 1.34. The van der Waals surface area contributed by atoms with E-state index >= 15 is 0 Å². The molecule has 2 heterocycles. The Morgan fingerprint density at radius 1 is 1.40 bits per heavy atom. The Morgan fingerprint density at radius 2 is 2.07 bits per heavy atom. The van der Waals surface area contributed by atoms with E-state index in [9.17, 15) is 9.59 Å². The van der Waals surface area contributed by atoms with Gasteiger partial charge in [0.25, 0.3) is 0 Å². The van der Waals surface area contributed by atoms with Gasteiger partial charge in [0.05, 0.1) is 0 Å². The molecule has 0 saturated carbocycles. The molecule has 2 rings (SSSR count). The molecular formula is C9H9ClN2O2S. The van der Waals surface area contributed by atoms with Crippen LogP contribution in [0.15, 0.2) is 0 Å². The second-order valence-corrected chi connectivity index (χ2v) is 4.66. The Morgan fingerprint density at radius 3 is 2.60 bits per heavy atom. The lowest BCUT2D eigenvalue weighted by Gasteiger charge is -2.24. The number of carbonyl (C=O) groups is 2. The van der Waals surface area contributed by atoms with Crippen LogP contribution in [-0.2, 0) is 4.79 Å². The van der Waals surface area contributed by atoms with Crippen molar-refractivity contribution in [2.45, 2.75) is 12.8 Å². The highest BCUT2D eigenvalue weighted by Gasteiger charge is 2.20. The number of piperidine rings is 1. The molecule has 1 aliphatic rings. The number of rotatable bonds is 2. The Kier molecular flexibility index (Phi) is 3.02. The average Bonchev–Trinajstić information content (AvgIpc) is 2.61. The summed E-state index contributed by atoms with van der Waals surface area (Å²) in [5.74, 6) is 0.282. The van der Waals surface area contributed by atoms with Crippen LogP contribution in [0.2, 0.25) is 5.15 Å². The second kappa shape index (κ2) is 4.28. The standard InChI is InChI=1S/C9H9ClN2O2S/c10-8-7(5-13)15-9(11-8)12-3-1-6(14)2-4-12/h5H,1-4H2. The minimum absolute atomic E-state index is 0.252. The molecule has 15 heavy (non-hydrogen) atoms. The summed E-state index contributed by atoms with van der Waals surface area (Å²) in [5.41, 5.74) is 0. The molecule has 0 atom stereocenters. The Hall–Kier alpha value is -0.940. The number of hydrogen-bond donors (Lipinski definition) is 0. The number of ketones is 1. The zero-order valence-corrected chi connectivity index (χ0v) is 9.48. The number of Topliss-reactive ketones (excluding diaryl/α,β-unsaturated/α-hetero) is 1. The van der Waals surface area contributed by atoms with Gasteiger partial charge in [-0.3, -0.25) is 9.59 Å². The molecule has 1 saturated heterocycles. The zero-order valence-electron chi connectivity index (χ0n) is 7.90. The van der Waals surface area contributed by atoms with Crippen LogP contribution in [0, 0.1) is 0 Å². The number of anilines is 1. The van der Waals surface area contributed by atoms with Crippen LogP contribution >= 0.6 is 22.9 Å². The van der Waals surface area contributed by atoms with Crippen LogP contribution in [0.1, 0.15) is 22.5 Å². The predicted octanol–water partition coefficient (Wildman–Crippen LogP) is 1.78. The van der Waals surface area contributed by atoms with Gasteiger partial charge < -0.3 is 4.90 Å². The van der Waals surface area contributed by atoms with Gasteiger partial charge in [0, 0.05) is 25.9 Å². The van der Waals surface area contributed by atoms with Crippen molar-refractivity contribution in [3.63, 3.8) is 0 Å². The van der Waals surface area contributed by atoms with E-state index in [0.29, 0.717) is 37.1 Å². The van der Waals surface area contributed by atoms with Crippen LogP contribution in [0.3, 0.4) is 0 Å². The number of aldehydes is 1. The molecule has 0 aliphatic carbocycles. The third-order valence-electron chi connectivity index (χ3n) is 2.30. The number of carbonyl (C=O) groups excluding carboxylic acids is 2. The summed E-state index contributed by atoms with van der Waals surface area (Å²) in [5, 5.41) is 0.983. The van der Waals surface area contributed by atoms with Crippen molar-refractivity contribution in [3.05, 3.63) is 10.0 Å². The summed E-state index contributed by atoms with van der Waals surface area (Å²) >= 11 is 7.04. The number of thiazole rings is 1. The molecule has 0 spiro atoms. The lowest BCUT2D eigenvalue weighted by Crippen LogP contribution is -2.33. The fourth-order valence-electron chi connectivity index (χ4n) is 1.46. The summed E-state index contributed by atoms with van der Waals surface area (Å²) in [6, 6.07) is 0. The van der Waals surface area contributed by atoms with Gasteiger partial charge in [-0.2, -0.15) is 0 Å². The van der Waals surface area contributed by atoms with E-state index in [-0.39, 0.29) is 10.9 Å². The van der Waals surface area contributed by atoms with Crippen LogP contribution in [0.4, 0.5) is 5.13 Å². The summed E-state index contributed by atoms with van der Waals surface area (Å²) < 4.78 is 0. The number of nitrogens with zero attached hydrogens (tertiary/aromatic N) is 2. The third kappa shape index (κ3) is 2.18. The number of aromatic nitrogens is 1. The maximum atomic E-state index is 11.0. The summed E-state index contributed by atoms with van der Waals surface area (Å²) in [4.78, 5) is 28.2. The molecule has 0 N–H and O–H groups in total. The fourth-order valence-corrected chi connectivity index (χ4v) is 2.57. The SMILES string of the molecule is O=Cc1sc(N2CCC(=O)CC2)nc1Cl. The lowest BCUT2D eigenvalue weighted by molar-refractivity contribution is -0.119. The highest BCUT2D eigenvalue weighted by molar-refractivity contribution is 7.17. The molecule has 80 valence electrons. The van der Waals surface area contributed by atoms with Crippen molar-refractivity contribution in [2.24, 2.45) is 0 Å². The van der Waals surface area contributed by atoms with Crippen molar-refractivity contribution in [3.8, 4) is 0 Å². The third-order valence-corrected chi connectivity index (χ3v) is 3.74. The first kappa shape index (κ1) is 10.6. The molecule has 6 heteroatoms. The van der Waals surface area contributed by atoms with Crippen molar-refractivity contribution in [2.75, 3.05) is 18.0 Å². The highest BCUT2D eigenvalue weighted by atomic mass is 35.5. The molecule has 1 aliphatic heterocycles. The largest absolute Gasteiger partial charge is 0.347 e. The first-order valence-corrected chi connectivity index (χ1v) is 5.78. The van der Waals surface area contributed by atoms with E-state index < -0.39 is 0 Å². The minimum atomic E-state index is 0.252. The van der Waals surface area contributed by atoms with Gasteiger partial charge in [-0.05, 0) is 0 Å². The summed E-state index contributed by atoms with van der Waals surface area (Å²) in [6.07, 6.45) is 1.81. The number of halogens is 1. The molecule has 0 amide bonds. The van der Waals surface area contributed by atoms with Gasteiger partial charge in [-0.1, -0.05) is 22.9 Å². The molecule has 4 nitrogen and oxygen atoms in total. The van der Waals surface area contributed by atoms with E-state index in [2.05, 4.69) is 4.98 Å². The van der Waals surface area contributed by atoms with Gasteiger partial charge in [0.2, 0.25) is 0 Å². The zero-order chi connectivity index (χ0) is 10.8. The van der Waals surface area contributed by atoms with Crippen LogP contribution in [-0.4, -0.2) is 30.1 Å². The van der Waals surface area contributed by atoms with Crippen molar-refractivity contribution in [1.29, 1.82) is 0 Å². The van der Waals surface area contributed by atoms with E-state index in [1.807, 2.05) is 4.90 Å². The van der Waals surface area contributed by atoms with Gasteiger partial charge in [0.15, 0.2) is 16.6 Å². The molecule has 0 bridgehead atoms. The second-order valence-electron chi connectivity index (χ2n) is 3.30. The fraction of sp³-hybridized carbons (Fsp3) is 0.444. The maximum Gasteiger partial charge on any atom is 0.187 e. The summed E-state index contributed by atoms with van der Waals surface area (Å²) in [7, 11) is 0. The Bertz CT molecular complexity index is 395. The topological polar surface area (TPSA) is 50.3 Å². The van der Waals surface area contributed by atoms with Gasteiger partial charge in [0.1, 0.15) is 10.7 Å².